The summed E-state index contributed by atoms with van der Waals surface area (Å²) in [5.74, 6) is 0. The number of H-pyrrole nitrogens is 1. The highest BCUT2D eigenvalue weighted by Crippen LogP contribution is 2.24. The number of hydrogen-bond donors (Lipinski definition) is 1. The van der Waals surface area contributed by atoms with Crippen LogP contribution >= 0.6 is 12.2 Å². The number of nitriles is 1. The minimum atomic E-state index is 0.465. The van der Waals surface area contributed by atoms with E-state index < -0.39 is 0 Å². The van der Waals surface area contributed by atoms with Crippen LogP contribution in [0.1, 0.15) is 17.0 Å². The van der Waals surface area contributed by atoms with Crippen LogP contribution in [-0.4, -0.2) is 14.8 Å². The topological polar surface area (TPSA) is 57.4 Å². The summed E-state index contributed by atoms with van der Waals surface area (Å²) in [4.78, 5) is 3.08. The van der Waals surface area contributed by atoms with Gasteiger partial charge in [-0.25, -0.2) is 0 Å². The van der Waals surface area contributed by atoms with Crippen molar-refractivity contribution in [3.8, 4) is 17.3 Å². The summed E-state index contributed by atoms with van der Waals surface area (Å²) in [5, 5.41) is 13.2. The molecular formula is C12H12N4S. The molecule has 0 radical (unpaired) electrons. The number of aryl methyl sites for hydroxylation is 2. The molecule has 2 aromatic heterocycles. The van der Waals surface area contributed by atoms with Crippen LogP contribution in [0.5, 0.6) is 0 Å². The maximum Gasteiger partial charge on any atom is 0.121 e. The van der Waals surface area contributed by atoms with Crippen LogP contribution < -0.4 is 0 Å². The van der Waals surface area contributed by atoms with Gasteiger partial charge in [0.25, 0.3) is 0 Å². The largest absolute Gasteiger partial charge is 0.345 e. The SMILES string of the molecule is Cc1nn(C)c(C)c1-c1ccc(C#N)c(=S)[nH]1. The number of nitrogens with zero attached hydrogens (tertiary/aromatic N) is 3. The first-order valence-corrected chi connectivity index (χ1v) is 5.59. The van der Waals surface area contributed by atoms with Crippen LogP contribution in [0.25, 0.3) is 11.3 Å². The molecule has 0 aromatic carbocycles. The fourth-order valence-corrected chi connectivity index (χ4v) is 2.09. The van der Waals surface area contributed by atoms with Gasteiger partial charge < -0.3 is 4.98 Å². The van der Waals surface area contributed by atoms with Crippen LogP contribution in [-0.2, 0) is 7.05 Å². The third-order valence-electron chi connectivity index (χ3n) is 2.81. The highest BCUT2D eigenvalue weighted by molar-refractivity contribution is 7.71. The molecule has 17 heavy (non-hydrogen) atoms. The van der Waals surface area contributed by atoms with E-state index in [-0.39, 0.29) is 0 Å². The molecule has 0 aliphatic rings. The Morgan fingerprint density at radius 3 is 2.59 bits per heavy atom. The number of nitrogens with one attached hydrogen (secondary N) is 1. The lowest BCUT2D eigenvalue weighted by Crippen LogP contribution is -1.93. The van der Waals surface area contributed by atoms with Crippen molar-refractivity contribution in [3.05, 3.63) is 33.7 Å². The predicted molar refractivity (Wildman–Crippen MR) is 68.0 cm³/mol. The lowest BCUT2D eigenvalue weighted by atomic mass is 10.1. The van der Waals surface area contributed by atoms with E-state index in [0.29, 0.717) is 10.2 Å². The summed E-state index contributed by atoms with van der Waals surface area (Å²) in [7, 11) is 1.91. The van der Waals surface area contributed by atoms with Gasteiger partial charge in [0.15, 0.2) is 0 Å². The second kappa shape index (κ2) is 4.15. The van der Waals surface area contributed by atoms with Gasteiger partial charge in [-0.1, -0.05) is 12.2 Å². The molecule has 4 nitrogen and oxygen atoms in total. The van der Waals surface area contributed by atoms with Crippen LogP contribution in [0, 0.1) is 29.8 Å². The molecule has 2 heterocycles. The summed E-state index contributed by atoms with van der Waals surface area (Å²) in [5.41, 5.74) is 4.45. The zero-order chi connectivity index (χ0) is 12.6. The molecule has 0 unspecified atom stereocenters. The number of rotatable bonds is 1. The summed E-state index contributed by atoms with van der Waals surface area (Å²) in [6, 6.07) is 5.65. The maximum atomic E-state index is 8.84. The van der Waals surface area contributed by atoms with E-state index >= 15 is 0 Å². The third-order valence-corrected chi connectivity index (χ3v) is 3.13. The summed E-state index contributed by atoms with van der Waals surface area (Å²) in [6.45, 7) is 3.96. The van der Waals surface area contributed by atoms with Crippen molar-refractivity contribution in [2.45, 2.75) is 13.8 Å². The predicted octanol–water partition coefficient (Wildman–Crippen LogP) is 2.63. The number of aromatic amines is 1. The Labute approximate surface area is 105 Å². The molecule has 0 amide bonds. The highest BCUT2D eigenvalue weighted by Gasteiger charge is 2.12. The fourth-order valence-electron chi connectivity index (χ4n) is 1.87. The summed E-state index contributed by atoms with van der Waals surface area (Å²) >= 11 is 5.13. The quantitative estimate of drug-likeness (QED) is 0.784. The average molecular weight is 244 g/mol. The molecule has 0 fully saturated rings. The molecule has 5 heteroatoms. The third kappa shape index (κ3) is 1.87. The van der Waals surface area contributed by atoms with Crippen LogP contribution in [0.2, 0.25) is 0 Å². The zero-order valence-corrected chi connectivity index (χ0v) is 10.7. The van der Waals surface area contributed by atoms with Crippen LogP contribution in [0.4, 0.5) is 0 Å². The Hall–Kier alpha value is -1.93. The van der Waals surface area contributed by atoms with E-state index in [2.05, 4.69) is 16.2 Å². The van der Waals surface area contributed by atoms with Crippen LogP contribution in [0.15, 0.2) is 12.1 Å². The lowest BCUT2D eigenvalue weighted by Gasteiger charge is -2.03. The Morgan fingerprint density at radius 1 is 1.41 bits per heavy atom. The van der Waals surface area contributed by atoms with E-state index in [1.54, 1.807) is 6.07 Å². The second-order valence-corrected chi connectivity index (χ2v) is 4.30. The van der Waals surface area contributed by atoms with Gasteiger partial charge >= 0.3 is 0 Å². The lowest BCUT2D eigenvalue weighted by molar-refractivity contribution is 0.731. The molecule has 0 bridgehead atoms. The smallest absolute Gasteiger partial charge is 0.121 e. The highest BCUT2D eigenvalue weighted by atomic mass is 32.1. The van der Waals surface area contributed by atoms with Crippen molar-refractivity contribution in [1.29, 1.82) is 5.26 Å². The summed E-state index contributed by atoms with van der Waals surface area (Å²) < 4.78 is 2.30. The van der Waals surface area contributed by atoms with Crippen molar-refractivity contribution in [1.82, 2.24) is 14.8 Å². The van der Waals surface area contributed by atoms with Gasteiger partial charge in [0.2, 0.25) is 0 Å². The standard InChI is InChI=1S/C12H12N4S/c1-7-11(8(2)16(3)15-7)10-5-4-9(6-13)12(17)14-10/h4-5H,1-3H3,(H,14,17). The van der Waals surface area contributed by atoms with Gasteiger partial charge in [-0.2, -0.15) is 10.4 Å². The molecule has 0 saturated carbocycles. The molecule has 1 N–H and O–H groups in total. The first-order valence-electron chi connectivity index (χ1n) is 5.18. The van der Waals surface area contributed by atoms with E-state index in [1.165, 1.54) is 0 Å². The fraction of sp³-hybridized carbons (Fsp3) is 0.250. The van der Waals surface area contributed by atoms with Gasteiger partial charge in [0, 0.05) is 18.3 Å². The first kappa shape index (κ1) is 11.6. The molecule has 0 atom stereocenters. The Balaban J connectivity index is 2.66. The minimum Gasteiger partial charge on any atom is -0.345 e. The second-order valence-electron chi connectivity index (χ2n) is 3.90. The van der Waals surface area contributed by atoms with Gasteiger partial charge in [0.05, 0.1) is 17.0 Å². The molecule has 0 aliphatic carbocycles. The molecule has 0 aliphatic heterocycles. The molecule has 2 aromatic rings. The number of hydrogen-bond acceptors (Lipinski definition) is 3. The van der Waals surface area contributed by atoms with Gasteiger partial charge in [-0.15, -0.1) is 0 Å². The van der Waals surface area contributed by atoms with Crippen molar-refractivity contribution >= 4 is 12.2 Å². The molecule has 2 rings (SSSR count). The molecule has 0 saturated heterocycles. The van der Waals surface area contributed by atoms with E-state index in [4.69, 9.17) is 17.5 Å². The first-order chi connectivity index (χ1) is 8.04. The number of pyridine rings is 1. The van der Waals surface area contributed by atoms with Crippen molar-refractivity contribution < 1.29 is 0 Å². The molecular weight excluding hydrogens is 232 g/mol. The van der Waals surface area contributed by atoms with Gasteiger partial charge in [-0.3, -0.25) is 4.68 Å². The Bertz CT molecular complexity index is 673. The van der Waals surface area contributed by atoms with Gasteiger partial charge in [0.1, 0.15) is 10.7 Å². The van der Waals surface area contributed by atoms with Crippen molar-refractivity contribution in [2.24, 2.45) is 7.05 Å². The summed E-state index contributed by atoms with van der Waals surface area (Å²) in [6.07, 6.45) is 0. The monoisotopic (exact) mass is 244 g/mol. The number of aromatic nitrogens is 3. The van der Waals surface area contributed by atoms with Crippen molar-refractivity contribution in [2.75, 3.05) is 0 Å². The van der Waals surface area contributed by atoms with E-state index in [9.17, 15) is 0 Å². The maximum absolute atomic E-state index is 8.84. The van der Waals surface area contributed by atoms with Gasteiger partial charge in [-0.05, 0) is 26.0 Å². The Kier molecular flexibility index (Phi) is 2.82. The molecule has 86 valence electrons. The zero-order valence-electron chi connectivity index (χ0n) is 9.90. The van der Waals surface area contributed by atoms with Crippen LogP contribution in [0.3, 0.4) is 0 Å². The van der Waals surface area contributed by atoms with Crippen molar-refractivity contribution in [3.63, 3.8) is 0 Å². The average Bonchev–Trinajstić information content (AvgIpc) is 2.53. The molecule has 0 spiro atoms. The van der Waals surface area contributed by atoms with E-state index in [0.717, 1.165) is 22.6 Å². The Morgan fingerprint density at radius 2 is 2.12 bits per heavy atom. The minimum absolute atomic E-state index is 0.465. The normalized spacial score (nSPS) is 10.2. The van der Waals surface area contributed by atoms with E-state index in [1.807, 2.05) is 31.6 Å².